The summed E-state index contributed by atoms with van der Waals surface area (Å²) in [6.07, 6.45) is 4.24. The van der Waals surface area contributed by atoms with Gasteiger partial charge in [0.05, 0.1) is 34.8 Å². The van der Waals surface area contributed by atoms with Gasteiger partial charge in [-0.1, -0.05) is 11.6 Å². The van der Waals surface area contributed by atoms with E-state index in [1.807, 2.05) is 6.07 Å². The molecule has 3 aromatic rings. The molecule has 1 aliphatic heterocycles. The van der Waals surface area contributed by atoms with Crippen LogP contribution in [0.4, 0.5) is 22.0 Å². The molecule has 0 bridgehead atoms. The number of hydrogen-bond acceptors (Lipinski definition) is 8. The number of hydrogen-bond donors (Lipinski definition) is 3. The Bertz CT molecular complexity index is 1270. The number of anilines is 3. The molecule has 162 valence electrons. The summed E-state index contributed by atoms with van der Waals surface area (Å²) in [5.74, 6) is -0.174. The summed E-state index contributed by atoms with van der Waals surface area (Å²) in [6.45, 7) is 0.837. The van der Waals surface area contributed by atoms with Crippen LogP contribution in [0.2, 0.25) is 5.02 Å². The van der Waals surface area contributed by atoms with Gasteiger partial charge in [0.1, 0.15) is 11.3 Å². The third-order valence-corrected chi connectivity index (χ3v) is 6.41. The van der Waals surface area contributed by atoms with Crippen LogP contribution in [0.5, 0.6) is 0 Å². The molecule has 1 aliphatic rings. The fraction of sp³-hybridized carbons (Fsp3) is 0.333. The van der Waals surface area contributed by atoms with Crippen molar-refractivity contribution in [2.45, 2.75) is 18.9 Å². The molecule has 0 amide bonds. The maximum Gasteiger partial charge on any atom is 0.225 e. The van der Waals surface area contributed by atoms with Crippen molar-refractivity contribution in [1.82, 2.24) is 24.2 Å². The third-order valence-electron chi connectivity index (χ3n) is 4.84. The predicted molar refractivity (Wildman–Crippen MR) is 114 cm³/mol. The van der Waals surface area contributed by atoms with Gasteiger partial charge in [-0.25, -0.2) is 22.1 Å². The number of sulfonamides is 1. The molecular weight excluding hydrogens is 447 g/mol. The second-order valence-electron chi connectivity index (χ2n) is 7.17. The number of benzene rings is 1. The number of rotatable bonds is 5. The van der Waals surface area contributed by atoms with Gasteiger partial charge >= 0.3 is 0 Å². The molecule has 13 heteroatoms. The van der Waals surface area contributed by atoms with Crippen molar-refractivity contribution in [2.24, 2.45) is 0 Å². The summed E-state index contributed by atoms with van der Waals surface area (Å²) in [4.78, 5) is 15.8. The van der Waals surface area contributed by atoms with Crippen molar-refractivity contribution in [3.05, 3.63) is 34.7 Å². The summed E-state index contributed by atoms with van der Waals surface area (Å²) >= 11 is 6.06. The van der Waals surface area contributed by atoms with E-state index in [2.05, 4.69) is 30.6 Å². The van der Waals surface area contributed by atoms with Crippen LogP contribution in [0.1, 0.15) is 18.4 Å². The lowest BCUT2D eigenvalue weighted by Gasteiger charge is -2.31. The van der Waals surface area contributed by atoms with E-state index in [4.69, 9.17) is 16.9 Å². The van der Waals surface area contributed by atoms with Crippen molar-refractivity contribution in [2.75, 3.05) is 30.0 Å². The van der Waals surface area contributed by atoms with E-state index in [0.29, 0.717) is 30.2 Å². The van der Waals surface area contributed by atoms with E-state index >= 15 is 0 Å². The maximum absolute atomic E-state index is 14.3. The van der Waals surface area contributed by atoms with Gasteiger partial charge in [0.15, 0.2) is 5.65 Å². The highest BCUT2D eigenvalue weighted by molar-refractivity contribution is 7.88. The quantitative estimate of drug-likeness (QED) is 0.523. The molecule has 0 spiro atoms. The normalized spacial score (nSPS) is 17.4. The first-order valence-electron chi connectivity index (χ1n) is 9.33. The number of H-pyrrole nitrogens is 1. The molecule has 31 heavy (non-hydrogen) atoms. The number of fused-ring (bicyclic) bond motifs is 1. The number of nitrogens with zero attached hydrogens (tertiary/aromatic N) is 5. The largest absolute Gasteiger partial charge is 0.350 e. The molecule has 1 aromatic carbocycles. The van der Waals surface area contributed by atoms with Crippen LogP contribution in [-0.4, -0.2) is 58.0 Å². The average molecular weight is 465 g/mol. The molecule has 1 atom stereocenters. The highest BCUT2D eigenvalue weighted by atomic mass is 35.5. The Labute approximate surface area is 182 Å². The highest BCUT2D eigenvalue weighted by Crippen LogP contribution is 2.29. The third kappa shape index (κ3) is 4.68. The number of aromatic nitrogens is 4. The van der Waals surface area contributed by atoms with Crippen LogP contribution in [0.25, 0.3) is 11.2 Å². The summed E-state index contributed by atoms with van der Waals surface area (Å²) in [5, 5.41) is 14.8. The molecule has 0 unspecified atom stereocenters. The Morgan fingerprint density at radius 3 is 2.90 bits per heavy atom. The van der Waals surface area contributed by atoms with E-state index < -0.39 is 15.8 Å². The minimum Gasteiger partial charge on any atom is -0.350 e. The lowest BCUT2D eigenvalue weighted by molar-refractivity contribution is 0.328. The zero-order chi connectivity index (χ0) is 22.2. The lowest BCUT2D eigenvalue weighted by atomic mass is 10.1. The first-order valence-corrected chi connectivity index (χ1v) is 11.6. The zero-order valence-corrected chi connectivity index (χ0v) is 17.9. The predicted octanol–water partition coefficient (Wildman–Crippen LogP) is 2.60. The number of halogens is 2. The summed E-state index contributed by atoms with van der Waals surface area (Å²) in [5.41, 5.74) is 0.936. The molecule has 2 aromatic heterocycles. The van der Waals surface area contributed by atoms with Crippen molar-refractivity contribution in [3.63, 3.8) is 0 Å². The van der Waals surface area contributed by atoms with Gasteiger partial charge in [0.25, 0.3) is 0 Å². The maximum atomic E-state index is 14.3. The Hall–Kier alpha value is -3.01. The number of imidazole rings is 1. The molecule has 0 saturated carbocycles. The molecule has 3 heterocycles. The number of nitriles is 1. The smallest absolute Gasteiger partial charge is 0.225 e. The van der Waals surface area contributed by atoms with E-state index in [1.165, 1.54) is 22.8 Å². The lowest BCUT2D eigenvalue weighted by Crippen LogP contribution is -2.44. The standard InChI is InChI=1S/C18H18ClFN8O2S/c1-31(29,30)28-4-2-3-11(9-28)23-17-22-8-14-16(26-17)27-18(24-14)25-15-12(19)5-10(7-21)6-13(15)20/h5-6,8,11H,2-4,9H2,1H3,(H3,22,23,24,25,26,27)/t11-/m1/s1. The van der Waals surface area contributed by atoms with Gasteiger partial charge in [-0.3, -0.25) is 0 Å². The Kier molecular flexibility index (Phi) is 5.65. The van der Waals surface area contributed by atoms with Crippen molar-refractivity contribution < 1.29 is 12.8 Å². The van der Waals surface area contributed by atoms with Gasteiger partial charge in [-0.05, 0) is 25.0 Å². The zero-order valence-electron chi connectivity index (χ0n) is 16.4. The fourth-order valence-corrected chi connectivity index (χ4v) is 4.52. The molecule has 0 aliphatic carbocycles. The van der Waals surface area contributed by atoms with Gasteiger partial charge in [-0.2, -0.15) is 15.2 Å². The molecule has 3 N–H and O–H groups in total. The van der Waals surface area contributed by atoms with Gasteiger partial charge in [-0.15, -0.1) is 0 Å². The Morgan fingerprint density at radius 1 is 1.39 bits per heavy atom. The van der Waals surface area contributed by atoms with Gasteiger partial charge in [0, 0.05) is 19.1 Å². The number of aromatic amines is 1. The van der Waals surface area contributed by atoms with Crippen LogP contribution in [0.15, 0.2) is 18.3 Å². The Morgan fingerprint density at radius 2 is 2.19 bits per heavy atom. The molecular formula is C18H18ClFN8O2S. The second-order valence-corrected chi connectivity index (χ2v) is 9.56. The summed E-state index contributed by atoms with van der Waals surface area (Å²) in [6, 6.07) is 4.13. The average Bonchev–Trinajstić information content (AvgIpc) is 3.12. The SMILES string of the molecule is CS(=O)(=O)N1CCC[C@@H](Nc2ncc3[nH]c(Nc4c(F)cc(C#N)cc4Cl)nc3n2)C1. The minimum absolute atomic E-state index is 0.0193. The Balaban J connectivity index is 1.52. The monoisotopic (exact) mass is 464 g/mol. The summed E-state index contributed by atoms with van der Waals surface area (Å²) in [7, 11) is -3.26. The van der Waals surface area contributed by atoms with Crippen LogP contribution >= 0.6 is 11.6 Å². The topological polar surface area (TPSA) is 140 Å². The van der Waals surface area contributed by atoms with Gasteiger partial charge < -0.3 is 15.6 Å². The van der Waals surface area contributed by atoms with Crippen LogP contribution in [0.3, 0.4) is 0 Å². The molecule has 1 saturated heterocycles. The molecule has 0 radical (unpaired) electrons. The van der Waals surface area contributed by atoms with Crippen LogP contribution < -0.4 is 10.6 Å². The number of nitrogens with one attached hydrogen (secondary N) is 3. The van der Waals surface area contributed by atoms with E-state index in [0.717, 1.165) is 18.9 Å². The van der Waals surface area contributed by atoms with E-state index in [1.54, 1.807) is 0 Å². The van der Waals surface area contributed by atoms with E-state index in [9.17, 15) is 12.8 Å². The van der Waals surface area contributed by atoms with Crippen molar-refractivity contribution in [3.8, 4) is 6.07 Å². The first-order chi connectivity index (χ1) is 14.7. The minimum atomic E-state index is -3.26. The van der Waals surface area contributed by atoms with Crippen LogP contribution in [0, 0.1) is 17.1 Å². The molecule has 10 nitrogen and oxygen atoms in total. The second kappa shape index (κ2) is 8.26. The van der Waals surface area contributed by atoms with Crippen molar-refractivity contribution >= 4 is 50.4 Å². The molecule has 4 rings (SSSR count). The van der Waals surface area contributed by atoms with Crippen molar-refractivity contribution in [1.29, 1.82) is 5.26 Å². The fourth-order valence-electron chi connectivity index (χ4n) is 3.36. The molecule has 1 fully saturated rings. The number of piperidine rings is 1. The summed E-state index contributed by atoms with van der Waals surface area (Å²) < 4.78 is 39.3. The van der Waals surface area contributed by atoms with E-state index in [-0.39, 0.29) is 28.3 Å². The van der Waals surface area contributed by atoms with Crippen LogP contribution in [-0.2, 0) is 10.0 Å². The highest BCUT2D eigenvalue weighted by Gasteiger charge is 2.26. The van der Waals surface area contributed by atoms with Gasteiger partial charge in [0.2, 0.25) is 21.9 Å². The first kappa shape index (κ1) is 21.2.